The summed E-state index contributed by atoms with van der Waals surface area (Å²) in [5, 5.41) is 0.847. The van der Waals surface area contributed by atoms with Crippen molar-refractivity contribution >= 4 is 45.1 Å². The maximum Gasteiger partial charge on any atom is 0.309 e. The van der Waals surface area contributed by atoms with Crippen molar-refractivity contribution < 1.29 is 47.6 Å². The molecular weight excluding hydrogens is 614 g/mol. The number of rotatable bonds is 16. The molecule has 4 rings (SSSR count). The highest BCUT2D eigenvalue weighted by atomic mass is 32.1. The topological polar surface area (TPSA) is 127 Å². The van der Waals surface area contributed by atoms with E-state index in [1.165, 1.54) is 18.4 Å². The number of thiophene rings is 1. The van der Waals surface area contributed by atoms with Crippen LogP contribution in [-0.4, -0.2) is 69.7 Å². The van der Waals surface area contributed by atoms with E-state index in [0.29, 0.717) is 60.6 Å². The van der Waals surface area contributed by atoms with Crippen molar-refractivity contribution in [1.82, 2.24) is 4.90 Å². The second-order valence-corrected chi connectivity index (χ2v) is 12.2. The number of Topliss-reactive ketones (excluding diaryl/α,β-unsaturated/α-hetero) is 1. The minimum absolute atomic E-state index is 0.0772. The van der Waals surface area contributed by atoms with Crippen LogP contribution in [0, 0.1) is 11.8 Å². The monoisotopic (exact) mass is 655 g/mol. The summed E-state index contributed by atoms with van der Waals surface area (Å²) in [7, 11) is 4.45. The zero-order valence-electron chi connectivity index (χ0n) is 27.1. The van der Waals surface area contributed by atoms with E-state index in [2.05, 4.69) is 0 Å². The van der Waals surface area contributed by atoms with Gasteiger partial charge in [0.25, 0.3) is 0 Å². The molecule has 0 fully saturated rings. The highest BCUT2D eigenvalue weighted by Crippen LogP contribution is 2.38. The van der Waals surface area contributed by atoms with Gasteiger partial charge in [0, 0.05) is 43.1 Å². The number of ketones is 1. The number of ether oxygens (including phenoxy) is 6. The Balaban J connectivity index is 1.32. The summed E-state index contributed by atoms with van der Waals surface area (Å²) >= 11 is 1.35. The number of hydrogen-bond acceptors (Lipinski definition) is 11. The summed E-state index contributed by atoms with van der Waals surface area (Å²) in [6.45, 7) is 6.95. The lowest BCUT2D eigenvalue weighted by Gasteiger charge is -2.17. The predicted molar refractivity (Wildman–Crippen MR) is 172 cm³/mol. The highest BCUT2D eigenvalue weighted by molar-refractivity contribution is 7.20. The Bertz CT molecular complexity index is 1580. The van der Waals surface area contributed by atoms with Gasteiger partial charge in [-0.2, -0.15) is 0 Å². The third kappa shape index (κ3) is 8.28. The highest BCUT2D eigenvalue weighted by Gasteiger charge is 2.28. The molecule has 3 aromatic rings. The quantitative estimate of drug-likeness (QED) is 0.110. The van der Waals surface area contributed by atoms with E-state index in [0.717, 1.165) is 21.2 Å². The summed E-state index contributed by atoms with van der Waals surface area (Å²) in [4.78, 5) is 51.6. The van der Waals surface area contributed by atoms with Gasteiger partial charge < -0.3 is 33.3 Å². The molecule has 0 saturated heterocycles. The van der Waals surface area contributed by atoms with Crippen LogP contribution in [0.1, 0.15) is 60.8 Å². The maximum absolute atomic E-state index is 12.8. The molecule has 248 valence electrons. The first-order valence-electron chi connectivity index (χ1n) is 15.2. The van der Waals surface area contributed by atoms with E-state index in [9.17, 15) is 19.2 Å². The Hall–Kier alpha value is -4.32. The molecule has 0 N–H and O–H groups in total. The van der Waals surface area contributed by atoms with Crippen molar-refractivity contribution in [3.8, 4) is 23.0 Å². The molecule has 2 heterocycles. The molecule has 12 heteroatoms. The summed E-state index contributed by atoms with van der Waals surface area (Å²) < 4.78 is 33.8. The van der Waals surface area contributed by atoms with Gasteiger partial charge in [0.05, 0.1) is 57.9 Å². The standard InChI is InChI=1S/C34H41NO10S/c1-7-43-34(39)20(2)11-25(36)31-16-22-13-28(27(41-5)17-30(22)46-31)44-9-8-10-45-29-15-24-19-35(18-23(24)14-26(29)40-4)32(37)12-21(3)33(38)42-6/h13-17,20-21H,7-12,18-19H2,1-6H3/t20-,21-/m0/s1. The molecule has 0 saturated carbocycles. The van der Waals surface area contributed by atoms with E-state index < -0.39 is 17.8 Å². The fourth-order valence-corrected chi connectivity index (χ4v) is 6.18. The number of fused-ring (bicyclic) bond motifs is 2. The Kier molecular flexibility index (Phi) is 11.9. The van der Waals surface area contributed by atoms with Gasteiger partial charge in [-0.05, 0) is 47.7 Å². The molecule has 0 unspecified atom stereocenters. The number of carbonyl (C=O) groups excluding carboxylic acids is 4. The molecule has 0 aliphatic carbocycles. The Morgan fingerprint density at radius 1 is 0.783 bits per heavy atom. The molecule has 0 bridgehead atoms. The van der Waals surface area contributed by atoms with Crippen molar-refractivity contribution in [2.24, 2.45) is 11.8 Å². The van der Waals surface area contributed by atoms with E-state index in [1.54, 1.807) is 39.9 Å². The number of carbonyl (C=O) groups is 4. The number of benzene rings is 2. The number of methoxy groups -OCH3 is 3. The minimum atomic E-state index is -0.516. The average molecular weight is 656 g/mol. The van der Waals surface area contributed by atoms with Gasteiger partial charge >= 0.3 is 11.9 Å². The van der Waals surface area contributed by atoms with Crippen LogP contribution in [-0.2, 0) is 36.9 Å². The van der Waals surface area contributed by atoms with Gasteiger partial charge in [-0.25, -0.2) is 0 Å². The van der Waals surface area contributed by atoms with Gasteiger partial charge in [0.1, 0.15) is 0 Å². The molecule has 2 atom stereocenters. The molecule has 0 radical (unpaired) electrons. The van der Waals surface area contributed by atoms with E-state index in [4.69, 9.17) is 28.4 Å². The first kappa shape index (κ1) is 34.6. The normalized spacial score (nSPS) is 13.5. The summed E-state index contributed by atoms with van der Waals surface area (Å²) in [6.07, 6.45) is 0.728. The summed E-state index contributed by atoms with van der Waals surface area (Å²) in [6, 6.07) is 9.28. The molecule has 46 heavy (non-hydrogen) atoms. The minimum Gasteiger partial charge on any atom is -0.493 e. The third-order valence-electron chi connectivity index (χ3n) is 7.71. The molecular formula is C34H41NO10S. The van der Waals surface area contributed by atoms with Crippen molar-refractivity contribution in [1.29, 1.82) is 0 Å². The number of amides is 1. The van der Waals surface area contributed by atoms with Crippen LogP contribution < -0.4 is 18.9 Å². The lowest BCUT2D eigenvalue weighted by molar-refractivity contribution is -0.148. The van der Waals surface area contributed by atoms with Crippen molar-refractivity contribution in [2.45, 2.75) is 53.1 Å². The van der Waals surface area contributed by atoms with Crippen LogP contribution in [0.4, 0.5) is 0 Å². The van der Waals surface area contributed by atoms with Crippen molar-refractivity contribution in [2.75, 3.05) is 41.2 Å². The van der Waals surface area contributed by atoms with Gasteiger partial charge in [-0.3, -0.25) is 19.2 Å². The van der Waals surface area contributed by atoms with Crippen molar-refractivity contribution in [3.05, 3.63) is 46.3 Å². The Labute approximate surface area is 272 Å². The first-order valence-corrected chi connectivity index (χ1v) is 16.0. The molecule has 2 aromatic carbocycles. The summed E-state index contributed by atoms with van der Waals surface area (Å²) in [5.41, 5.74) is 1.94. The van der Waals surface area contributed by atoms with Gasteiger partial charge in [0.15, 0.2) is 28.8 Å². The van der Waals surface area contributed by atoms with Crippen molar-refractivity contribution in [3.63, 3.8) is 0 Å². The van der Waals surface area contributed by atoms with Crippen LogP contribution in [0.25, 0.3) is 10.1 Å². The largest absolute Gasteiger partial charge is 0.493 e. The van der Waals surface area contributed by atoms with Gasteiger partial charge in [-0.1, -0.05) is 13.8 Å². The predicted octanol–water partition coefficient (Wildman–Crippen LogP) is 5.58. The second-order valence-electron chi connectivity index (χ2n) is 11.1. The fourth-order valence-electron chi connectivity index (χ4n) is 5.16. The van der Waals surface area contributed by atoms with E-state index >= 15 is 0 Å². The second kappa shape index (κ2) is 15.8. The van der Waals surface area contributed by atoms with Gasteiger partial charge in [0.2, 0.25) is 5.91 Å². The van der Waals surface area contributed by atoms with Crippen LogP contribution in [0.15, 0.2) is 30.3 Å². The maximum atomic E-state index is 12.8. The Morgan fingerprint density at radius 3 is 1.98 bits per heavy atom. The zero-order valence-corrected chi connectivity index (χ0v) is 28.0. The van der Waals surface area contributed by atoms with E-state index in [1.807, 2.05) is 30.3 Å². The van der Waals surface area contributed by atoms with Crippen LogP contribution in [0.5, 0.6) is 23.0 Å². The summed E-state index contributed by atoms with van der Waals surface area (Å²) in [5.74, 6) is 0.202. The molecule has 11 nitrogen and oxygen atoms in total. The lowest BCUT2D eigenvalue weighted by Crippen LogP contribution is -2.29. The van der Waals surface area contributed by atoms with Gasteiger partial charge in [-0.15, -0.1) is 11.3 Å². The third-order valence-corrected chi connectivity index (χ3v) is 8.85. The zero-order chi connectivity index (χ0) is 33.4. The number of hydrogen-bond donors (Lipinski definition) is 0. The lowest BCUT2D eigenvalue weighted by atomic mass is 10.0. The number of esters is 2. The SMILES string of the molecule is CCOC(=O)[C@@H](C)CC(=O)c1cc2cc(OCCCOc3cc4c(cc3OC)CN(C(=O)C[C@H](C)C(=O)OC)C4)c(OC)cc2s1. The molecule has 1 amide bonds. The Morgan fingerprint density at radius 2 is 1.37 bits per heavy atom. The number of nitrogens with zero attached hydrogens (tertiary/aromatic N) is 1. The molecule has 1 aromatic heterocycles. The smallest absolute Gasteiger partial charge is 0.309 e. The van der Waals surface area contributed by atoms with Crippen LogP contribution in [0.2, 0.25) is 0 Å². The fraction of sp³-hybridized carbons (Fsp3) is 0.471. The molecule has 0 spiro atoms. The molecule has 1 aliphatic heterocycles. The van der Waals surface area contributed by atoms with E-state index in [-0.39, 0.29) is 37.1 Å². The molecule has 1 aliphatic rings. The van der Waals surface area contributed by atoms with Crippen LogP contribution in [0.3, 0.4) is 0 Å². The van der Waals surface area contributed by atoms with Crippen LogP contribution >= 0.6 is 11.3 Å². The first-order chi connectivity index (χ1) is 22.1. The average Bonchev–Trinajstić information content (AvgIpc) is 3.67.